The fourth-order valence-corrected chi connectivity index (χ4v) is 4.00. The zero-order valence-electron chi connectivity index (χ0n) is 12.6. The third kappa shape index (κ3) is 5.76. The molecule has 2 rings (SSSR count). The van der Waals surface area contributed by atoms with Crippen LogP contribution in [0.4, 0.5) is 18.2 Å². The maximum atomic E-state index is 12.9. The number of halogens is 3. The molecule has 1 N–H and O–H groups in total. The molecule has 8 heteroatoms. The maximum absolute atomic E-state index is 12.9. The Morgan fingerprint density at radius 2 is 1.92 bits per heavy atom. The quantitative estimate of drug-likeness (QED) is 0.737. The molecule has 0 radical (unpaired) electrons. The van der Waals surface area contributed by atoms with Crippen molar-refractivity contribution in [2.45, 2.75) is 18.0 Å². The van der Waals surface area contributed by atoms with Gasteiger partial charge in [-0.05, 0) is 23.1 Å². The lowest BCUT2D eigenvalue weighted by atomic mass is 10.2. The Morgan fingerprint density at radius 1 is 1.21 bits per heavy atom. The van der Waals surface area contributed by atoms with E-state index in [4.69, 9.17) is 0 Å². The van der Waals surface area contributed by atoms with Crippen molar-refractivity contribution in [2.75, 3.05) is 17.2 Å². The lowest BCUT2D eigenvalue weighted by Crippen LogP contribution is -2.47. The fourth-order valence-electron chi connectivity index (χ4n) is 2.13. The molecule has 2 aromatic rings. The topological polar surface area (TPSA) is 40.5 Å². The van der Waals surface area contributed by atoms with Crippen molar-refractivity contribution < 1.29 is 23.1 Å². The van der Waals surface area contributed by atoms with Gasteiger partial charge in [0.15, 0.2) is 0 Å². The molecule has 1 atom stereocenters. The molecular formula is C16H16F3NO2S2. The van der Waals surface area contributed by atoms with Gasteiger partial charge in [0.1, 0.15) is 12.6 Å². The highest BCUT2D eigenvalue weighted by molar-refractivity contribution is 7.98. The molecule has 0 amide bonds. The number of hydrogen-bond donors (Lipinski definition) is 1. The minimum atomic E-state index is -4.47. The van der Waals surface area contributed by atoms with Crippen LogP contribution in [0.25, 0.3) is 0 Å². The number of nitrogens with zero attached hydrogens (tertiary/aromatic N) is 1. The summed E-state index contributed by atoms with van der Waals surface area (Å²) in [5.41, 5.74) is 1.00. The van der Waals surface area contributed by atoms with Crippen molar-refractivity contribution in [1.82, 2.24) is 0 Å². The summed E-state index contributed by atoms with van der Waals surface area (Å²) in [7, 11) is 0. The van der Waals surface area contributed by atoms with Gasteiger partial charge < -0.3 is 10.0 Å². The average molecular weight is 375 g/mol. The summed E-state index contributed by atoms with van der Waals surface area (Å²) in [4.78, 5) is 12.5. The molecule has 130 valence electrons. The van der Waals surface area contributed by atoms with Crippen LogP contribution in [0.15, 0.2) is 47.8 Å². The van der Waals surface area contributed by atoms with Gasteiger partial charge in [0.2, 0.25) is 0 Å². The maximum Gasteiger partial charge on any atom is 0.405 e. The molecule has 0 spiro atoms. The van der Waals surface area contributed by atoms with Crippen molar-refractivity contribution in [2.24, 2.45) is 0 Å². The van der Waals surface area contributed by atoms with Crippen molar-refractivity contribution in [3.8, 4) is 0 Å². The van der Waals surface area contributed by atoms with Crippen LogP contribution >= 0.6 is 23.1 Å². The van der Waals surface area contributed by atoms with Crippen molar-refractivity contribution in [3.63, 3.8) is 0 Å². The minimum Gasteiger partial charge on any atom is -0.480 e. The normalized spacial score (nSPS) is 12.8. The van der Waals surface area contributed by atoms with Gasteiger partial charge in [-0.2, -0.15) is 24.9 Å². The van der Waals surface area contributed by atoms with Crippen LogP contribution in [0.3, 0.4) is 0 Å². The van der Waals surface area contributed by atoms with Crippen LogP contribution in [-0.4, -0.2) is 35.6 Å². The third-order valence-corrected chi connectivity index (χ3v) is 5.18. The predicted molar refractivity (Wildman–Crippen MR) is 91.7 cm³/mol. The first kappa shape index (κ1) is 18.7. The van der Waals surface area contributed by atoms with E-state index >= 15 is 0 Å². The number of carboxylic acid groups (broad SMARTS) is 1. The molecule has 24 heavy (non-hydrogen) atoms. The summed E-state index contributed by atoms with van der Waals surface area (Å²) < 4.78 is 38.6. The molecule has 0 aliphatic heterocycles. The Bertz CT molecular complexity index is 633. The highest BCUT2D eigenvalue weighted by atomic mass is 32.2. The van der Waals surface area contributed by atoms with Gasteiger partial charge in [0, 0.05) is 11.5 Å². The van der Waals surface area contributed by atoms with Crippen molar-refractivity contribution >= 4 is 34.1 Å². The minimum absolute atomic E-state index is 0.0677. The number of anilines is 1. The summed E-state index contributed by atoms with van der Waals surface area (Å²) in [6.45, 7) is -1.28. The van der Waals surface area contributed by atoms with E-state index in [0.29, 0.717) is 10.8 Å². The lowest BCUT2D eigenvalue weighted by Gasteiger charge is -2.30. The molecule has 3 nitrogen and oxygen atoms in total. The molecule has 0 unspecified atom stereocenters. The molecule has 0 aliphatic rings. The molecule has 0 saturated heterocycles. The zero-order chi connectivity index (χ0) is 17.6. The van der Waals surface area contributed by atoms with Crippen LogP contribution in [-0.2, 0) is 10.5 Å². The fraction of sp³-hybridized carbons (Fsp3) is 0.312. The second-order valence-corrected chi connectivity index (χ2v) is 7.01. The zero-order valence-corrected chi connectivity index (χ0v) is 14.2. The monoisotopic (exact) mass is 375 g/mol. The SMILES string of the molecule is O=C(O)[C@H](CSCc1ccccc1)N(CC(F)(F)F)c1cccs1. The van der Waals surface area contributed by atoms with Crippen LogP contribution in [0.5, 0.6) is 0 Å². The Labute approximate surface area is 146 Å². The van der Waals surface area contributed by atoms with Gasteiger partial charge in [-0.3, -0.25) is 0 Å². The van der Waals surface area contributed by atoms with E-state index < -0.39 is 24.7 Å². The summed E-state index contributed by atoms with van der Waals surface area (Å²) in [6.07, 6.45) is -4.47. The van der Waals surface area contributed by atoms with Gasteiger partial charge in [0.05, 0.1) is 5.00 Å². The van der Waals surface area contributed by atoms with E-state index in [2.05, 4.69) is 0 Å². The van der Waals surface area contributed by atoms with E-state index in [1.165, 1.54) is 17.8 Å². The number of benzene rings is 1. The second-order valence-electron chi connectivity index (χ2n) is 5.05. The first-order valence-corrected chi connectivity index (χ1v) is 9.11. The van der Waals surface area contributed by atoms with Crippen LogP contribution in [0, 0.1) is 0 Å². The number of thioether (sulfide) groups is 1. The Hall–Kier alpha value is -1.67. The van der Waals surface area contributed by atoms with Crippen LogP contribution in [0.2, 0.25) is 0 Å². The molecule has 0 fully saturated rings. The van der Waals surface area contributed by atoms with E-state index in [0.717, 1.165) is 21.8 Å². The summed E-state index contributed by atoms with van der Waals surface area (Å²) in [5.74, 6) is -0.638. The summed E-state index contributed by atoms with van der Waals surface area (Å²) in [6, 6.07) is 11.3. The van der Waals surface area contributed by atoms with E-state index in [1.54, 1.807) is 11.4 Å². The van der Waals surface area contributed by atoms with E-state index in [1.807, 2.05) is 30.3 Å². The number of rotatable bonds is 8. The van der Waals surface area contributed by atoms with Crippen LogP contribution < -0.4 is 4.90 Å². The number of hydrogen-bond acceptors (Lipinski definition) is 4. The van der Waals surface area contributed by atoms with Gasteiger partial charge in [-0.1, -0.05) is 30.3 Å². The van der Waals surface area contributed by atoms with Crippen molar-refractivity contribution in [1.29, 1.82) is 0 Å². The molecular weight excluding hydrogens is 359 g/mol. The summed E-state index contributed by atoms with van der Waals surface area (Å²) in [5, 5.41) is 11.4. The van der Waals surface area contributed by atoms with Gasteiger partial charge in [-0.15, -0.1) is 11.3 Å². The van der Waals surface area contributed by atoms with Gasteiger partial charge >= 0.3 is 12.1 Å². The number of thiophene rings is 1. The highest BCUT2D eigenvalue weighted by Crippen LogP contribution is 2.29. The van der Waals surface area contributed by atoms with E-state index in [9.17, 15) is 23.1 Å². The van der Waals surface area contributed by atoms with E-state index in [-0.39, 0.29) is 5.75 Å². The number of aliphatic carboxylic acids is 1. The molecule has 1 heterocycles. The van der Waals surface area contributed by atoms with Gasteiger partial charge in [-0.25, -0.2) is 4.79 Å². The third-order valence-electron chi connectivity index (χ3n) is 3.19. The molecule has 0 saturated carbocycles. The molecule has 0 aliphatic carbocycles. The summed E-state index contributed by atoms with van der Waals surface area (Å²) >= 11 is 2.41. The first-order valence-electron chi connectivity index (χ1n) is 7.08. The second kappa shape index (κ2) is 8.43. The van der Waals surface area contributed by atoms with Crippen molar-refractivity contribution in [3.05, 3.63) is 53.4 Å². The number of carbonyl (C=O) groups is 1. The van der Waals surface area contributed by atoms with Crippen LogP contribution in [0.1, 0.15) is 5.56 Å². The number of carboxylic acids is 1. The average Bonchev–Trinajstić information content (AvgIpc) is 3.04. The largest absolute Gasteiger partial charge is 0.480 e. The predicted octanol–water partition coefficient (Wildman–Crippen LogP) is 4.50. The Morgan fingerprint density at radius 3 is 2.46 bits per heavy atom. The Balaban J connectivity index is 2.08. The first-order chi connectivity index (χ1) is 11.4. The molecule has 0 bridgehead atoms. The Kier molecular flexibility index (Phi) is 6.56. The highest BCUT2D eigenvalue weighted by Gasteiger charge is 2.37. The number of alkyl halides is 3. The standard InChI is InChI=1S/C16H16F3NO2S2/c17-16(18,19)11-20(14-7-4-8-24-14)13(15(21)22)10-23-9-12-5-2-1-3-6-12/h1-8,13H,9-11H2,(H,21,22)/t13-/m0/s1. The smallest absolute Gasteiger partial charge is 0.405 e. The molecule has 1 aromatic carbocycles. The van der Waals surface area contributed by atoms with Gasteiger partial charge in [0.25, 0.3) is 0 Å². The molecule has 1 aromatic heterocycles. The lowest BCUT2D eigenvalue weighted by molar-refractivity contribution is -0.139.